The van der Waals surface area contributed by atoms with E-state index in [9.17, 15) is 30.0 Å². The average Bonchev–Trinajstić information content (AvgIpc) is 2.53. The number of halogens is 3. The first-order valence-electron chi connectivity index (χ1n) is 6.46. The number of nitrogens with one attached hydrogen (secondary N) is 2. The lowest BCUT2D eigenvalue weighted by atomic mass is 10.4. The minimum atomic E-state index is -4.71. The molecule has 2 rings (SSSR count). The molecule has 0 atom stereocenters. The third-order valence-corrected chi connectivity index (χ3v) is 5.46. The van der Waals surface area contributed by atoms with Crippen molar-refractivity contribution in [2.24, 2.45) is 0 Å². The quantitative estimate of drug-likeness (QED) is 0.755. The van der Waals surface area contributed by atoms with Gasteiger partial charge in [-0.2, -0.15) is 13.2 Å². The molecule has 0 aliphatic carbocycles. The number of anilines is 1. The number of hydrogen-bond donors (Lipinski definition) is 2. The highest BCUT2D eigenvalue weighted by Crippen LogP contribution is 2.18. The lowest BCUT2D eigenvalue weighted by molar-refractivity contribution is -0.121. The Morgan fingerprint density at radius 2 is 1.36 bits per heavy atom. The summed E-state index contributed by atoms with van der Waals surface area (Å²) in [4.78, 5) is 6.54. The third-order valence-electron chi connectivity index (χ3n) is 2.70. The molecule has 0 saturated heterocycles. The Balaban J connectivity index is 2.19. The first-order chi connectivity index (χ1) is 11.5. The Bertz CT molecular complexity index is 931. The van der Waals surface area contributed by atoms with Crippen LogP contribution < -0.4 is 9.44 Å². The number of sulfonamides is 2. The van der Waals surface area contributed by atoms with Gasteiger partial charge in [-0.3, -0.25) is 0 Å². The highest BCUT2D eigenvalue weighted by atomic mass is 32.2. The molecule has 1 aromatic heterocycles. The van der Waals surface area contributed by atoms with Crippen LogP contribution in [0.15, 0.2) is 52.5 Å². The molecule has 2 N–H and O–H groups in total. The van der Waals surface area contributed by atoms with Crippen LogP contribution in [-0.4, -0.2) is 39.5 Å². The van der Waals surface area contributed by atoms with E-state index in [0.717, 1.165) is 24.3 Å². The highest BCUT2D eigenvalue weighted by molar-refractivity contribution is 7.92. The van der Waals surface area contributed by atoms with Crippen molar-refractivity contribution in [2.75, 3.05) is 11.3 Å². The summed E-state index contributed by atoms with van der Waals surface area (Å²) in [6.45, 7) is -1.73. The standard InChI is InChI=1S/C12H11F3N4O4S2/c13-12(14,15)8-18-24(20,21)9-2-4-10(5-3-9)25(22,23)19-11-16-6-1-7-17-11/h1-7,18H,8H2,(H,16,17,19). The van der Waals surface area contributed by atoms with Gasteiger partial charge in [0.05, 0.1) is 9.79 Å². The summed E-state index contributed by atoms with van der Waals surface area (Å²) < 4.78 is 87.5. The second-order valence-corrected chi connectivity index (χ2v) is 8.04. The van der Waals surface area contributed by atoms with Crippen LogP contribution in [0.5, 0.6) is 0 Å². The fraction of sp³-hybridized carbons (Fsp3) is 0.167. The van der Waals surface area contributed by atoms with Crippen molar-refractivity contribution in [1.29, 1.82) is 0 Å². The minimum absolute atomic E-state index is 0.189. The van der Waals surface area contributed by atoms with Gasteiger partial charge in [0.15, 0.2) is 0 Å². The second-order valence-electron chi connectivity index (χ2n) is 4.59. The summed E-state index contributed by atoms with van der Waals surface area (Å²) in [6.07, 6.45) is -2.09. The van der Waals surface area contributed by atoms with Crippen LogP contribution in [-0.2, 0) is 20.0 Å². The Kier molecular flexibility index (Phi) is 5.29. The predicted molar refractivity (Wildman–Crippen MR) is 80.5 cm³/mol. The van der Waals surface area contributed by atoms with Crippen LogP contribution in [0.2, 0.25) is 0 Å². The van der Waals surface area contributed by atoms with Crippen molar-refractivity contribution in [3.05, 3.63) is 42.7 Å². The van der Waals surface area contributed by atoms with E-state index >= 15 is 0 Å². The summed E-state index contributed by atoms with van der Waals surface area (Å²) >= 11 is 0. The monoisotopic (exact) mass is 396 g/mol. The van der Waals surface area contributed by atoms with Crippen LogP contribution in [0.3, 0.4) is 0 Å². The fourth-order valence-electron chi connectivity index (χ4n) is 1.59. The summed E-state index contributed by atoms with van der Waals surface area (Å²) in [6, 6.07) is 5.10. The normalized spacial score (nSPS) is 12.8. The maximum Gasteiger partial charge on any atom is 0.402 e. The van der Waals surface area contributed by atoms with E-state index in [2.05, 4.69) is 14.7 Å². The van der Waals surface area contributed by atoms with E-state index in [-0.39, 0.29) is 10.8 Å². The molecule has 13 heteroatoms. The largest absolute Gasteiger partial charge is 0.402 e. The molecule has 0 aliphatic rings. The Morgan fingerprint density at radius 1 is 0.880 bits per heavy atom. The first kappa shape index (κ1) is 19.1. The molecule has 136 valence electrons. The smallest absolute Gasteiger partial charge is 0.247 e. The Labute approximate surface area is 141 Å². The van der Waals surface area contributed by atoms with Gasteiger partial charge in [-0.25, -0.2) is 36.2 Å². The molecule has 8 nitrogen and oxygen atoms in total. The lowest BCUT2D eigenvalue weighted by Crippen LogP contribution is -2.33. The number of aromatic nitrogens is 2. The molecule has 0 aliphatic heterocycles. The van der Waals surface area contributed by atoms with Gasteiger partial charge in [0.25, 0.3) is 10.0 Å². The Hall–Kier alpha value is -2.25. The number of rotatable bonds is 6. The maximum atomic E-state index is 12.1. The zero-order valence-corrected chi connectivity index (χ0v) is 13.9. The van der Waals surface area contributed by atoms with Crippen LogP contribution in [0.25, 0.3) is 0 Å². The molecule has 2 aromatic rings. The van der Waals surface area contributed by atoms with E-state index in [0.29, 0.717) is 0 Å². The summed E-state index contributed by atoms with van der Waals surface area (Å²) in [5.41, 5.74) is 0. The maximum absolute atomic E-state index is 12.1. The van der Waals surface area contributed by atoms with Crippen molar-refractivity contribution < 1.29 is 30.0 Å². The van der Waals surface area contributed by atoms with E-state index < -0.39 is 37.7 Å². The minimum Gasteiger partial charge on any atom is -0.247 e. The number of benzene rings is 1. The molecular weight excluding hydrogens is 385 g/mol. The fourth-order valence-corrected chi connectivity index (χ4v) is 3.56. The number of nitrogens with zero attached hydrogens (tertiary/aromatic N) is 2. The van der Waals surface area contributed by atoms with Gasteiger partial charge in [0.1, 0.15) is 6.54 Å². The van der Waals surface area contributed by atoms with Crippen molar-refractivity contribution in [3.8, 4) is 0 Å². The predicted octanol–water partition coefficient (Wildman–Crippen LogP) is 1.12. The molecule has 25 heavy (non-hydrogen) atoms. The summed E-state index contributed by atoms with van der Waals surface area (Å²) in [7, 11) is -8.51. The van der Waals surface area contributed by atoms with Crippen LogP contribution in [0, 0.1) is 0 Å². The van der Waals surface area contributed by atoms with Gasteiger partial charge in [-0.1, -0.05) is 0 Å². The van der Waals surface area contributed by atoms with Gasteiger partial charge in [0.2, 0.25) is 16.0 Å². The second kappa shape index (κ2) is 6.93. The Morgan fingerprint density at radius 3 is 1.84 bits per heavy atom. The molecular formula is C12H11F3N4O4S2. The molecule has 1 aromatic carbocycles. The van der Waals surface area contributed by atoms with Gasteiger partial charge in [0, 0.05) is 12.4 Å². The summed E-state index contributed by atoms with van der Waals surface area (Å²) in [5.74, 6) is -0.189. The first-order valence-corrected chi connectivity index (χ1v) is 9.43. The molecule has 0 fully saturated rings. The van der Waals surface area contributed by atoms with Crippen molar-refractivity contribution in [2.45, 2.75) is 16.0 Å². The topological polar surface area (TPSA) is 118 Å². The van der Waals surface area contributed by atoms with Crippen molar-refractivity contribution in [3.63, 3.8) is 0 Å². The number of hydrogen-bond acceptors (Lipinski definition) is 6. The number of alkyl halides is 3. The lowest BCUT2D eigenvalue weighted by Gasteiger charge is -2.10. The SMILES string of the molecule is O=S(=O)(NCC(F)(F)F)c1ccc(S(=O)(=O)Nc2ncccn2)cc1. The van der Waals surface area contributed by atoms with Gasteiger partial charge < -0.3 is 0 Å². The van der Waals surface area contributed by atoms with E-state index in [1.807, 2.05) is 0 Å². The molecule has 0 radical (unpaired) electrons. The zero-order valence-electron chi connectivity index (χ0n) is 12.2. The van der Waals surface area contributed by atoms with E-state index in [4.69, 9.17) is 0 Å². The zero-order chi connectivity index (χ0) is 18.7. The third kappa shape index (κ3) is 5.37. The molecule has 0 saturated carbocycles. The molecule has 0 amide bonds. The summed E-state index contributed by atoms with van der Waals surface area (Å²) in [5, 5.41) is 0. The molecule has 0 spiro atoms. The van der Waals surface area contributed by atoms with Gasteiger partial charge in [-0.05, 0) is 30.3 Å². The van der Waals surface area contributed by atoms with Crippen LogP contribution >= 0.6 is 0 Å². The van der Waals surface area contributed by atoms with Crippen molar-refractivity contribution >= 4 is 26.0 Å². The van der Waals surface area contributed by atoms with Crippen LogP contribution in [0.4, 0.5) is 19.1 Å². The highest BCUT2D eigenvalue weighted by Gasteiger charge is 2.30. The van der Waals surface area contributed by atoms with Crippen molar-refractivity contribution in [1.82, 2.24) is 14.7 Å². The van der Waals surface area contributed by atoms with Crippen LogP contribution in [0.1, 0.15) is 0 Å². The van der Waals surface area contributed by atoms with E-state index in [1.54, 1.807) is 0 Å². The van der Waals surface area contributed by atoms with Gasteiger partial charge >= 0.3 is 6.18 Å². The van der Waals surface area contributed by atoms with Gasteiger partial charge in [-0.15, -0.1) is 0 Å². The van der Waals surface area contributed by atoms with E-state index in [1.165, 1.54) is 23.2 Å². The molecule has 1 heterocycles. The average molecular weight is 396 g/mol. The molecule has 0 bridgehead atoms. The molecule has 0 unspecified atom stereocenters.